The van der Waals surface area contributed by atoms with Gasteiger partial charge in [0.2, 0.25) is 0 Å². The average Bonchev–Trinajstić information content (AvgIpc) is 2.64. The first-order valence-electron chi connectivity index (χ1n) is 7.29. The number of benzene rings is 2. The quantitative estimate of drug-likeness (QED) is 0.497. The van der Waals surface area contributed by atoms with Crippen molar-refractivity contribution in [2.75, 3.05) is 13.7 Å². The molecule has 0 bridgehead atoms. The van der Waals surface area contributed by atoms with Crippen molar-refractivity contribution in [3.63, 3.8) is 0 Å². The van der Waals surface area contributed by atoms with E-state index in [9.17, 15) is 10.1 Å². The highest BCUT2D eigenvalue weighted by Gasteiger charge is 2.08. The number of ether oxygens (including phenoxy) is 2. The van der Waals surface area contributed by atoms with Gasteiger partial charge in [0.25, 0.3) is 0 Å². The number of nitrogens with zero attached hydrogens (tertiary/aromatic N) is 1. The monoisotopic (exact) mass is 333 g/mol. The molecule has 1 N–H and O–H groups in total. The van der Waals surface area contributed by atoms with Crippen molar-refractivity contribution in [3.05, 3.63) is 59.2 Å². The van der Waals surface area contributed by atoms with Crippen LogP contribution in [0.2, 0.25) is 0 Å². The largest absolute Gasteiger partial charge is 0.493 e. The average molecular weight is 333 g/mol. The van der Waals surface area contributed by atoms with E-state index in [1.165, 1.54) is 19.2 Å². The fraction of sp³-hybridized carbons (Fsp3) is 0.100. The highest BCUT2D eigenvalue weighted by Crippen LogP contribution is 2.29. The Hall–Kier alpha value is -3.70. The zero-order chi connectivity index (χ0) is 18.2. The molecule has 0 saturated carbocycles. The molecule has 0 atom stereocenters. The fourth-order valence-corrected chi connectivity index (χ4v) is 2.15. The van der Waals surface area contributed by atoms with Crippen LogP contribution in [0, 0.1) is 23.7 Å². The van der Waals surface area contributed by atoms with Crippen LogP contribution in [0.3, 0.4) is 0 Å². The maximum Gasteiger partial charge on any atom is 0.335 e. The standard InChI is InChI=1S/C20H15NO4/c1-3-10-25-18-9-4-14(12-19(18)24-2)11-17(13-21)15-5-7-16(8-6-15)20(22)23/h1,4-9,11-12H,10H2,2H3,(H,22,23). The van der Waals surface area contributed by atoms with Crippen LogP contribution in [-0.4, -0.2) is 24.8 Å². The lowest BCUT2D eigenvalue weighted by atomic mass is 10.0. The normalized spacial score (nSPS) is 10.4. The Bertz CT molecular complexity index is 883. The number of carboxylic acid groups (broad SMARTS) is 1. The van der Waals surface area contributed by atoms with Crippen LogP contribution in [-0.2, 0) is 0 Å². The summed E-state index contributed by atoms with van der Waals surface area (Å²) in [7, 11) is 1.52. The van der Waals surface area contributed by atoms with E-state index in [2.05, 4.69) is 12.0 Å². The molecule has 0 amide bonds. The molecule has 0 aliphatic heterocycles. The zero-order valence-corrected chi connectivity index (χ0v) is 13.5. The van der Waals surface area contributed by atoms with E-state index in [-0.39, 0.29) is 12.2 Å². The third-order valence-corrected chi connectivity index (χ3v) is 3.37. The molecule has 2 aromatic carbocycles. The van der Waals surface area contributed by atoms with Crippen LogP contribution in [0.15, 0.2) is 42.5 Å². The molecule has 2 aromatic rings. The number of nitriles is 1. The second kappa shape index (κ2) is 8.24. The SMILES string of the molecule is C#CCOc1ccc(C=C(C#N)c2ccc(C(=O)O)cc2)cc1OC. The molecule has 5 nitrogen and oxygen atoms in total. The van der Waals surface area contributed by atoms with Crippen molar-refractivity contribution in [2.45, 2.75) is 0 Å². The molecule has 0 heterocycles. The van der Waals surface area contributed by atoms with E-state index >= 15 is 0 Å². The smallest absolute Gasteiger partial charge is 0.335 e. The number of methoxy groups -OCH3 is 1. The molecule has 0 fully saturated rings. The van der Waals surface area contributed by atoms with Gasteiger partial charge in [-0.15, -0.1) is 6.42 Å². The van der Waals surface area contributed by atoms with Gasteiger partial charge in [0.15, 0.2) is 11.5 Å². The van der Waals surface area contributed by atoms with Crippen LogP contribution in [0.1, 0.15) is 21.5 Å². The van der Waals surface area contributed by atoms with Gasteiger partial charge >= 0.3 is 5.97 Å². The van der Waals surface area contributed by atoms with Gasteiger partial charge in [0, 0.05) is 0 Å². The van der Waals surface area contributed by atoms with Crippen molar-refractivity contribution in [2.24, 2.45) is 0 Å². The van der Waals surface area contributed by atoms with Gasteiger partial charge in [0.1, 0.15) is 6.61 Å². The van der Waals surface area contributed by atoms with Crippen molar-refractivity contribution in [1.29, 1.82) is 5.26 Å². The molecule has 0 radical (unpaired) electrons. The number of hydrogen-bond donors (Lipinski definition) is 1. The van der Waals surface area contributed by atoms with Crippen LogP contribution in [0.4, 0.5) is 0 Å². The molecule has 25 heavy (non-hydrogen) atoms. The highest BCUT2D eigenvalue weighted by atomic mass is 16.5. The minimum Gasteiger partial charge on any atom is -0.493 e. The molecular weight excluding hydrogens is 318 g/mol. The van der Waals surface area contributed by atoms with Crippen LogP contribution >= 0.6 is 0 Å². The third-order valence-electron chi connectivity index (χ3n) is 3.37. The van der Waals surface area contributed by atoms with Gasteiger partial charge in [-0.25, -0.2) is 4.79 Å². The summed E-state index contributed by atoms with van der Waals surface area (Å²) in [5, 5.41) is 18.3. The second-order valence-corrected chi connectivity index (χ2v) is 4.96. The van der Waals surface area contributed by atoms with Crippen molar-refractivity contribution in [1.82, 2.24) is 0 Å². The van der Waals surface area contributed by atoms with Crippen molar-refractivity contribution >= 4 is 17.6 Å². The minimum absolute atomic E-state index is 0.130. The molecular formula is C20H15NO4. The Labute approximate surface area is 145 Å². The number of carbonyl (C=O) groups is 1. The summed E-state index contributed by atoms with van der Waals surface area (Å²) in [6.07, 6.45) is 6.86. The van der Waals surface area contributed by atoms with Gasteiger partial charge in [-0.2, -0.15) is 5.26 Å². The Balaban J connectivity index is 2.34. The van der Waals surface area contributed by atoms with Gasteiger partial charge in [0.05, 0.1) is 24.3 Å². The predicted octanol–water partition coefficient (Wildman–Crippen LogP) is 3.47. The van der Waals surface area contributed by atoms with Crippen LogP contribution in [0.5, 0.6) is 11.5 Å². The van der Waals surface area contributed by atoms with E-state index in [4.69, 9.17) is 21.0 Å². The Morgan fingerprint density at radius 2 is 1.88 bits per heavy atom. The number of rotatable bonds is 6. The Kier molecular flexibility index (Phi) is 5.81. The van der Waals surface area contributed by atoms with E-state index in [0.717, 1.165) is 5.56 Å². The maximum atomic E-state index is 10.9. The second-order valence-electron chi connectivity index (χ2n) is 4.96. The summed E-state index contributed by atoms with van der Waals surface area (Å²) in [6.45, 7) is 0.130. The first-order chi connectivity index (χ1) is 12.1. The molecule has 0 aromatic heterocycles. The minimum atomic E-state index is -1.01. The molecule has 0 aliphatic carbocycles. The Morgan fingerprint density at radius 1 is 1.20 bits per heavy atom. The van der Waals surface area contributed by atoms with Crippen LogP contribution in [0.25, 0.3) is 11.6 Å². The van der Waals surface area contributed by atoms with E-state index in [0.29, 0.717) is 22.6 Å². The summed E-state index contributed by atoms with van der Waals surface area (Å²) in [4.78, 5) is 10.9. The molecule has 0 unspecified atom stereocenters. The van der Waals surface area contributed by atoms with Gasteiger partial charge in [-0.1, -0.05) is 24.1 Å². The topological polar surface area (TPSA) is 79.5 Å². The van der Waals surface area contributed by atoms with Gasteiger partial charge < -0.3 is 14.6 Å². The van der Waals surface area contributed by atoms with Crippen molar-refractivity contribution in [3.8, 4) is 29.9 Å². The number of allylic oxidation sites excluding steroid dienone is 1. The number of terminal acetylenes is 1. The third kappa shape index (κ3) is 4.40. The van der Waals surface area contributed by atoms with Gasteiger partial charge in [-0.05, 0) is 41.5 Å². The fourth-order valence-electron chi connectivity index (χ4n) is 2.15. The summed E-state index contributed by atoms with van der Waals surface area (Å²) in [5.41, 5.74) is 1.93. The lowest BCUT2D eigenvalue weighted by Gasteiger charge is -2.09. The zero-order valence-electron chi connectivity index (χ0n) is 13.5. The van der Waals surface area contributed by atoms with Crippen molar-refractivity contribution < 1.29 is 19.4 Å². The molecule has 124 valence electrons. The molecule has 2 rings (SSSR count). The lowest BCUT2D eigenvalue weighted by molar-refractivity contribution is 0.0697. The maximum absolute atomic E-state index is 10.9. The van der Waals surface area contributed by atoms with Gasteiger partial charge in [-0.3, -0.25) is 0 Å². The molecule has 0 spiro atoms. The lowest BCUT2D eigenvalue weighted by Crippen LogP contribution is -1.97. The summed E-state index contributed by atoms with van der Waals surface area (Å²) in [6, 6.07) is 13.4. The van der Waals surface area contributed by atoms with E-state index in [1.54, 1.807) is 36.4 Å². The Morgan fingerprint density at radius 3 is 2.44 bits per heavy atom. The predicted molar refractivity (Wildman–Crippen MR) is 94.2 cm³/mol. The molecule has 0 saturated heterocycles. The first kappa shape index (κ1) is 17.7. The number of hydrogen-bond acceptors (Lipinski definition) is 4. The summed E-state index contributed by atoms with van der Waals surface area (Å²) >= 11 is 0. The summed E-state index contributed by atoms with van der Waals surface area (Å²) < 4.78 is 10.7. The molecule has 0 aliphatic rings. The summed E-state index contributed by atoms with van der Waals surface area (Å²) in [5.74, 6) is 2.39. The van der Waals surface area contributed by atoms with Crippen LogP contribution < -0.4 is 9.47 Å². The van der Waals surface area contributed by atoms with E-state index < -0.39 is 5.97 Å². The molecule has 5 heteroatoms. The first-order valence-corrected chi connectivity index (χ1v) is 7.29. The van der Waals surface area contributed by atoms with E-state index in [1.807, 2.05) is 0 Å². The number of carboxylic acids is 1. The highest BCUT2D eigenvalue weighted by molar-refractivity contribution is 5.92. The number of aromatic carboxylic acids is 1.